The number of nitrogens with one attached hydrogen (secondary N) is 1. The lowest BCUT2D eigenvalue weighted by Gasteiger charge is -2.21. The second-order valence-electron chi connectivity index (χ2n) is 6.77. The van der Waals surface area contributed by atoms with E-state index in [4.69, 9.17) is 5.73 Å². The molecule has 1 aliphatic rings. The van der Waals surface area contributed by atoms with Gasteiger partial charge in [0.15, 0.2) is 0 Å². The van der Waals surface area contributed by atoms with Crippen LogP contribution in [0, 0.1) is 5.92 Å². The normalized spacial score (nSPS) is 19.0. The van der Waals surface area contributed by atoms with Crippen LogP contribution in [0.15, 0.2) is 24.3 Å². The molecule has 1 heterocycles. The Labute approximate surface area is 138 Å². The third-order valence-corrected chi connectivity index (χ3v) is 4.50. The topological polar surface area (TPSA) is 75.4 Å². The number of urea groups is 1. The van der Waals surface area contributed by atoms with Gasteiger partial charge >= 0.3 is 6.03 Å². The number of benzene rings is 1. The minimum atomic E-state index is -0.660. The van der Waals surface area contributed by atoms with Crippen molar-refractivity contribution < 1.29 is 9.59 Å². The number of hydrogen-bond acceptors (Lipinski definition) is 2. The number of primary amides is 1. The van der Waals surface area contributed by atoms with E-state index in [0.717, 1.165) is 25.9 Å². The zero-order valence-corrected chi connectivity index (χ0v) is 14.2. The van der Waals surface area contributed by atoms with E-state index in [2.05, 4.69) is 43.4 Å². The van der Waals surface area contributed by atoms with Gasteiger partial charge in [-0.15, -0.1) is 0 Å². The average molecular weight is 317 g/mol. The van der Waals surface area contributed by atoms with Crippen LogP contribution in [0.4, 0.5) is 4.79 Å². The Morgan fingerprint density at radius 3 is 2.48 bits per heavy atom. The minimum Gasteiger partial charge on any atom is -0.352 e. The molecule has 0 bridgehead atoms. The van der Waals surface area contributed by atoms with Gasteiger partial charge in [0.05, 0.1) is 0 Å². The highest BCUT2D eigenvalue weighted by Gasteiger charge is 2.29. The zero-order chi connectivity index (χ0) is 17.0. The summed E-state index contributed by atoms with van der Waals surface area (Å²) in [7, 11) is 0. The standard InChI is InChI=1S/C18H27N3O2/c1-12(2)16-6-4-14(5-7-16)10-15-8-9-21(11-15)17(22)13(3)20-18(19)23/h4-7,12-13,15H,8-11H2,1-3H3,(H3,19,20,23)/t13-,15?/m0/s1. The third-order valence-electron chi connectivity index (χ3n) is 4.50. The Kier molecular flexibility index (Phi) is 5.64. The van der Waals surface area contributed by atoms with E-state index in [-0.39, 0.29) is 5.91 Å². The molecule has 2 atom stereocenters. The van der Waals surface area contributed by atoms with E-state index in [0.29, 0.717) is 11.8 Å². The molecule has 0 saturated carbocycles. The highest BCUT2D eigenvalue weighted by Crippen LogP contribution is 2.23. The van der Waals surface area contributed by atoms with Crippen molar-refractivity contribution in [2.75, 3.05) is 13.1 Å². The van der Waals surface area contributed by atoms with Crippen LogP contribution in [0.2, 0.25) is 0 Å². The molecule has 1 aliphatic heterocycles. The van der Waals surface area contributed by atoms with Gasteiger partial charge in [0.2, 0.25) is 5.91 Å². The van der Waals surface area contributed by atoms with E-state index in [9.17, 15) is 9.59 Å². The molecule has 1 unspecified atom stereocenters. The first-order chi connectivity index (χ1) is 10.9. The van der Waals surface area contributed by atoms with Crippen LogP contribution in [0.25, 0.3) is 0 Å². The van der Waals surface area contributed by atoms with Gasteiger partial charge in [-0.2, -0.15) is 0 Å². The number of carbonyl (C=O) groups excluding carboxylic acids is 2. The summed E-state index contributed by atoms with van der Waals surface area (Å²) in [4.78, 5) is 24.9. The SMILES string of the molecule is CC(C)c1ccc(CC2CCN(C(=O)[C@H](C)NC(N)=O)C2)cc1. The first-order valence-electron chi connectivity index (χ1n) is 8.30. The lowest BCUT2D eigenvalue weighted by atomic mass is 9.96. The van der Waals surface area contributed by atoms with Crippen LogP contribution in [-0.4, -0.2) is 36.0 Å². The highest BCUT2D eigenvalue weighted by molar-refractivity contribution is 5.86. The molecule has 1 aromatic rings. The molecule has 0 aliphatic carbocycles. The summed E-state index contributed by atoms with van der Waals surface area (Å²) in [6, 6.07) is 7.55. The second kappa shape index (κ2) is 7.49. The molecule has 23 heavy (non-hydrogen) atoms. The molecule has 1 aromatic carbocycles. The van der Waals surface area contributed by atoms with Crippen LogP contribution < -0.4 is 11.1 Å². The molecular formula is C18H27N3O2. The predicted molar refractivity (Wildman–Crippen MR) is 91.1 cm³/mol. The summed E-state index contributed by atoms with van der Waals surface area (Å²) in [6.45, 7) is 7.55. The summed E-state index contributed by atoms with van der Waals surface area (Å²) in [5, 5.41) is 2.45. The summed E-state index contributed by atoms with van der Waals surface area (Å²) in [5.74, 6) is 0.967. The van der Waals surface area contributed by atoms with Gasteiger partial charge < -0.3 is 16.0 Å². The van der Waals surface area contributed by atoms with Crippen molar-refractivity contribution in [3.63, 3.8) is 0 Å². The van der Waals surface area contributed by atoms with Crippen molar-refractivity contribution in [3.05, 3.63) is 35.4 Å². The summed E-state index contributed by atoms with van der Waals surface area (Å²) >= 11 is 0. The molecule has 0 radical (unpaired) electrons. The van der Waals surface area contributed by atoms with Crippen molar-refractivity contribution in [2.24, 2.45) is 11.7 Å². The Balaban J connectivity index is 1.87. The lowest BCUT2D eigenvalue weighted by Crippen LogP contribution is -2.47. The Hall–Kier alpha value is -2.04. The number of amides is 3. The predicted octanol–water partition coefficient (Wildman–Crippen LogP) is 2.26. The van der Waals surface area contributed by atoms with Crippen molar-refractivity contribution in [1.82, 2.24) is 10.2 Å². The van der Waals surface area contributed by atoms with Crippen molar-refractivity contribution >= 4 is 11.9 Å². The second-order valence-corrected chi connectivity index (χ2v) is 6.77. The Morgan fingerprint density at radius 2 is 1.91 bits per heavy atom. The highest BCUT2D eigenvalue weighted by atomic mass is 16.2. The number of nitrogens with two attached hydrogens (primary N) is 1. The molecule has 2 rings (SSSR count). The number of nitrogens with zero attached hydrogens (tertiary/aromatic N) is 1. The van der Waals surface area contributed by atoms with Gasteiger partial charge in [0.1, 0.15) is 6.04 Å². The van der Waals surface area contributed by atoms with E-state index in [1.807, 2.05) is 4.90 Å². The maximum Gasteiger partial charge on any atom is 0.312 e. The largest absolute Gasteiger partial charge is 0.352 e. The van der Waals surface area contributed by atoms with E-state index < -0.39 is 12.1 Å². The van der Waals surface area contributed by atoms with Crippen LogP contribution in [0.3, 0.4) is 0 Å². The first-order valence-corrected chi connectivity index (χ1v) is 8.30. The van der Waals surface area contributed by atoms with Crippen LogP contribution in [-0.2, 0) is 11.2 Å². The van der Waals surface area contributed by atoms with Gasteiger partial charge in [0.25, 0.3) is 0 Å². The van der Waals surface area contributed by atoms with E-state index >= 15 is 0 Å². The molecule has 5 heteroatoms. The van der Waals surface area contributed by atoms with Crippen LogP contribution in [0.5, 0.6) is 0 Å². The van der Waals surface area contributed by atoms with E-state index in [1.165, 1.54) is 11.1 Å². The molecule has 3 N–H and O–H groups in total. The Morgan fingerprint density at radius 1 is 1.26 bits per heavy atom. The van der Waals surface area contributed by atoms with Gasteiger partial charge in [0, 0.05) is 13.1 Å². The van der Waals surface area contributed by atoms with E-state index in [1.54, 1.807) is 6.92 Å². The fourth-order valence-electron chi connectivity index (χ4n) is 3.12. The van der Waals surface area contributed by atoms with Gasteiger partial charge in [-0.05, 0) is 42.7 Å². The molecule has 0 spiro atoms. The zero-order valence-electron chi connectivity index (χ0n) is 14.2. The van der Waals surface area contributed by atoms with Crippen LogP contribution >= 0.6 is 0 Å². The van der Waals surface area contributed by atoms with Crippen molar-refractivity contribution in [1.29, 1.82) is 0 Å². The molecule has 0 aromatic heterocycles. The fourth-order valence-corrected chi connectivity index (χ4v) is 3.12. The maximum atomic E-state index is 12.3. The molecule has 3 amide bonds. The molecule has 1 fully saturated rings. The summed E-state index contributed by atoms with van der Waals surface area (Å²) < 4.78 is 0. The van der Waals surface area contributed by atoms with Crippen molar-refractivity contribution in [2.45, 2.75) is 45.6 Å². The van der Waals surface area contributed by atoms with Gasteiger partial charge in [-0.25, -0.2) is 4.79 Å². The monoisotopic (exact) mass is 317 g/mol. The number of carbonyl (C=O) groups is 2. The summed E-state index contributed by atoms with van der Waals surface area (Å²) in [5.41, 5.74) is 7.74. The Bertz CT molecular complexity index is 554. The number of rotatable bonds is 5. The van der Waals surface area contributed by atoms with Gasteiger partial charge in [-0.1, -0.05) is 38.1 Å². The first kappa shape index (κ1) is 17.3. The maximum absolute atomic E-state index is 12.3. The van der Waals surface area contributed by atoms with Crippen molar-refractivity contribution in [3.8, 4) is 0 Å². The average Bonchev–Trinajstić information content (AvgIpc) is 2.94. The smallest absolute Gasteiger partial charge is 0.312 e. The third kappa shape index (κ3) is 4.71. The fraction of sp³-hybridized carbons (Fsp3) is 0.556. The van der Waals surface area contributed by atoms with Gasteiger partial charge in [-0.3, -0.25) is 4.79 Å². The molecule has 1 saturated heterocycles. The lowest BCUT2D eigenvalue weighted by molar-refractivity contribution is -0.131. The number of likely N-dealkylation sites (tertiary alicyclic amines) is 1. The molecule has 5 nitrogen and oxygen atoms in total. The van der Waals surface area contributed by atoms with Crippen LogP contribution in [0.1, 0.15) is 44.2 Å². The minimum absolute atomic E-state index is 0.0542. The number of hydrogen-bond donors (Lipinski definition) is 2. The quantitative estimate of drug-likeness (QED) is 0.874. The molecule has 126 valence electrons. The molecular weight excluding hydrogens is 290 g/mol. The summed E-state index contributed by atoms with van der Waals surface area (Å²) in [6.07, 6.45) is 1.99.